The van der Waals surface area contributed by atoms with Gasteiger partial charge in [0.2, 0.25) is 0 Å². The minimum atomic E-state index is 0.555. The quantitative estimate of drug-likeness (QED) is 0.850. The number of hydrogen-bond donors (Lipinski definition) is 1. The van der Waals surface area contributed by atoms with Gasteiger partial charge in [0, 0.05) is 17.0 Å². The zero-order valence-electron chi connectivity index (χ0n) is 12.6. The van der Waals surface area contributed by atoms with Crippen LogP contribution in [0.25, 0.3) is 0 Å². The summed E-state index contributed by atoms with van der Waals surface area (Å²) in [7, 11) is 2.24. The lowest BCUT2D eigenvalue weighted by atomic mass is 9.90. The highest BCUT2D eigenvalue weighted by molar-refractivity contribution is 7.10. The molecule has 108 valence electrons. The molecule has 0 amide bonds. The summed E-state index contributed by atoms with van der Waals surface area (Å²) < 4.78 is 0. The predicted molar refractivity (Wildman–Crippen MR) is 84.8 cm³/mol. The van der Waals surface area contributed by atoms with Gasteiger partial charge in [-0.3, -0.25) is 0 Å². The molecule has 1 saturated heterocycles. The highest BCUT2D eigenvalue weighted by atomic mass is 32.1. The first kappa shape index (κ1) is 15.0. The summed E-state index contributed by atoms with van der Waals surface area (Å²) in [5.74, 6) is 0.843. The molecule has 1 aromatic heterocycles. The maximum Gasteiger partial charge on any atom is 0.0416 e. The Labute approximate surface area is 122 Å². The maximum absolute atomic E-state index is 3.90. The SMILES string of the molecule is CCCC(NC(C)C1CCN(C)CC1)c1cccs1. The fourth-order valence-electron chi connectivity index (χ4n) is 3.07. The van der Waals surface area contributed by atoms with E-state index in [0.717, 1.165) is 5.92 Å². The number of nitrogens with one attached hydrogen (secondary N) is 1. The third-order valence-electron chi connectivity index (χ3n) is 4.40. The lowest BCUT2D eigenvalue weighted by Gasteiger charge is -2.35. The van der Waals surface area contributed by atoms with Crippen molar-refractivity contribution in [2.45, 2.75) is 51.6 Å². The van der Waals surface area contributed by atoms with Crippen LogP contribution in [-0.4, -0.2) is 31.1 Å². The molecule has 1 aliphatic rings. The van der Waals surface area contributed by atoms with E-state index in [-0.39, 0.29) is 0 Å². The van der Waals surface area contributed by atoms with Crippen molar-refractivity contribution in [3.63, 3.8) is 0 Å². The molecule has 0 radical (unpaired) electrons. The fourth-order valence-corrected chi connectivity index (χ4v) is 3.89. The van der Waals surface area contributed by atoms with Gasteiger partial charge in [-0.05, 0) is 63.7 Å². The van der Waals surface area contributed by atoms with E-state index in [0.29, 0.717) is 12.1 Å². The Hall–Kier alpha value is -0.380. The van der Waals surface area contributed by atoms with Gasteiger partial charge < -0.3 is 10.2 Å². The molecule has 2 unspecified atom stereocenters. The summed E-state index contributed by atoms with van der Waals surface area (Å²) in [6.45, 7) is 7.18. The molecule has 0 saturated carbocycles. The largest absolute Gasteiger partial charge is 0.306 e. The summed E-state index contributed by atoms with van der Waals surface area (Å²) in [4.78, 5) is 3.95. The molecule has 2 nitrogen and oxygen atoms in total. The molecule has 19 heavy (non-hydrogen) atoms. The molecule has 1 aliphatic heterocycles. The molecule has 2 heterocycles. The second kappa shape index (κ2) is 7.41. The van der Waals surface area contributed by atoms with Gasteiger partial charge in [0.15, 0.2) is 0 Å². The highest BCUT2D eigenvalue weighted by Gasteiger charge is 2.24. The van der Waals surface area contributed by atoms with Gasteiger partial charge in [0.25, 0.3) is 0 Å². The van der Waals surface area contributed by atoms with Crippen LogP contribution >= 0.6 is 11.3 Å². The third-order valence-corrected chi connectivity index (χ3v) is 5.38. The van der Waals surface area contributed by atoms with Crippen LogP contribution in [0.4, 0.5) is 0 Å². The van der Waals surface area contributed by atoms with Gasteiger partial charge in [0.05, 0.1) is 0 Å². The summed E-state index contributed by atoms with van der Waals surface area (Å²) in [6.07, 6.45) is 5.18. The Morgan fingerprint density at radius 3 is 2.74 bits per heavy atom. The molecule has 0 aromatic carbocycles. The average molecular weight is 280 g/mol. The van der Waals surface area contributed by atoms with Crippen molar-refractivity contribution in [2.24, 2.45) is 5.92 Å². The summed E-state index contributed by atoms with van der Waals surface area (Å²) in [6, 6.07) is 5.64. The molecule has 0 spiro atoms. The first-order valence-electron chi connectivity index (χ1n) is 7.68. The van der Waals surface area contributed by atoms with Gasteiger partial charge in [-0.1, -0.05) is 19.4 Å². The number of hydrogen-bond acceptors (Lipinski definition) is 3. The van der Waals surface area contributed by atoms with Gasteiger partial charge in [-0.2, -0.15) is 0 Å². The van der Waals surface area contributed by atoms with Crippen LogP contribution in [0.15, 0.2) is 17.5 Å². The van der Waals surface area contributed by atoms with Crippen molar-refractivity contribution < 1.29 is 0 Å². The van der Waals surface area contributed by atoms with Crippen LogP contribution in [0, 0.1) is 5.92 Å². The number of thiophene rings is 1. The molecule has 2 atom stereocenters. The van der Waals surface area contributed by atoms with Crippen molar-refractivity contribution in [1.82, 2.24) is 10.2 Å². The summed E-state index contributed by atoms with van der Waals surface area (Å²) >= 11 is 1.89. The molecule has 0 aliphatic carbocycles. The zero-order chi connectivity index (χ0) is 13.7. The van der Waals surface area contributed by atoms with E-state index in [9.17, 15) is 0 Å². The number of piperidine rings is 1. The van der Waals surface area contributed by atoms with Gasteiger partial charge in [0.1, 0.15) is 0 Å². The molecule has 1 fully saturated rings. The monoisotopic (exact) mass is 280 g/mol. The van der Waals surface area contributed by atoms with Crippen molar-refractivity contribution in [3.8, 4) is 0 Å². The minimum Gasteiger partial charge on any atom is -0.306 e. The van der Waals surface area contributed by atoms with E-state index in [4.69, 9.17) is 0 Å². The second-order valence-electron chi connectivity index (χ2n) is 5.95. The zero-order valence-corrected chi connectivity index (χ0v) is 13.4. The average Bonchev–Trinajstić information content (AvgIpc) is 2.92. The highest BCUT2D eigenvalue weighted by Crippen LogP contribution is 2.27. The lowest BCUT2D eigenvalue weighted by Crippen LogP contribution is -2.41. The van der Waals surface area contributed by atoms with E-state index >= 15 is 0 Å². The Morgan fingerprint density at radius 1 is 1.42 bits per heavy atom. The van der Waals surface area contributed by atoms with E-state index < -0.39 is 0 Å². The number of nitrogens with zero attached hydrogens (tertiary/aromatic N) is 1. The predicted octanol–water partition coefficient (Wildman–Crippen LogP) is 3.91. The van der Waals surface area contributed by atoms with Crippen LogP contribution in [0.1, 0.15) is 50.4 Å². The fraction of sp³-hybridized carbons (Fsp3) is 0.750. The second-order valence-corrected chi connectivity index (χ2v) is 6.93. The third kappa shape index (κ3) is 4.30. The Morgan fingerprint density at radius 2 is 2.16 bits per heavy atom. The lowest BCUT2D eigenvalue weighted by molar-refractivity contribution is 0.183. The molecule has 0 bridgehead atoms. The van der Waals surface area contributed by atoms with E-state index in [1.54, 1.807) is 0 Å². The topological polar surface area (TPSA) is 15.3 Å². The van der Waals surface area contributed by atoms with Crippen molar-refractivity contribution in [2.75, 3.05) is 20.1 Å². The molecular formula is C16H28N2S. The van der Waals surface area contributed by atoms with Crippen molar-refractivity contribution >= 4 is 11.3 Å². The van der Waals surface area contributed by atoms with Gasteiger partial charge in [-0.15, -0.1) is 11.3 Å². The minimum absolute atomic E-state index is 0.555. The van der Waals surface area contributed by atoms with Gasteiger partial charge >= 0.3 is 0 Å². The molecule has 2 rings (SSSR count). The molecule has 1 aromatic rings. The van der Waals surface area contributed by atoms with Crippen LogP contribution in [0.5, 0.6) is 0 Å². The maximum atomic E-state index is 3.90. The smallest absolute Gasteiger partial charge is 0.0416 e. The van der Waals surface area contributed by atoms with Crippen molar-refractivity contribution in [1.29, 1.82) is 0 Å². The van der Waals surface area contributed by atoms with Crippen LogP contribution < -0.4 is 5.32 Å². The molecule has 3 heteroatoms. The van der Waals surface area contributed by atoms with Crippen molar-refractivity contribution in [3.05, 3.63) is 22.4 Å². The Bertz CT molecular complexity index is 342. The van der Waals surface area contributed by atoms with E-state index in [1.807, 2.05) is 11.3 Å². The molecule has 1 N–H and O–H groups in total. The van der Waals surface area contributed by atoms with Crippen LogP contribution in [0.2, 0.25) is 0 Å². The number of likely N-dealkylation sites (tertiary alicyclic amines) is 1. The van der Waals surface area contributed by atoms with Gasteiger partial charge in [-0.25, -0.2) is 0 Å². The van der Waals surface area contributed by atoms with E-state index in [1.165, 1.54) is 43.6 Å². The first-order valence-corrected chi connectivity index (χ1v) is 8.56. The summed E-state index contributed by atoms with van der Waals surface area (Å²) in [5.41, 5.74) is 0. The normalized spacial score (nSPS) is 21.4. The standard InChI is InChI=1S/C16H28N2S/c1-4-6-15(16-7-5-12-19-16)17-13(2)14-8-10-18(3)11-9-14/h5,7,12-15,17H,4,6,8-11H2,1-3H3. The summed E-state index contributed by atoms with van der Waals surface area (Å²) in [5, 5.41) is 6.09. The molecular weight excluding hydrogens is 252 g/mol. The van der Waals surface area contributed by atoms with Crippen LogP contribution in [0.3, 0.4) is 0 Å². The Balaban J connectivity index is 1.89. The van der Waals surface area contributed by atoms with E-state index in [2.05, 4.69) is 48.6 Å². The Kier molecular flexibility index (Phi) is 5.86. The number of rotatable bonds is 6. The first-order chi connectivity index (χ1) is 9.20. The van der Waals surface area contributed by atoms with Crippen LogP contribution in [-0.2, 0) is 0 Å².